The zero-order valence-electron chi connectivity index (χ0n) is 14.8. The van der Waals surface area contributed by atoms with Gasteiger partial charge in [-0.25, -0.2) is 13.6 Å². The maximum Gasteiger partial charge on any atom is 0.343 e. The summed E-state index contributed by atoms with van der Waals surface area (Å²) in [5.41, 5.74) is -1.82. The average molecular weight is 445 g/mol. The number of esters is 1. The molecule has 1 saturated heterocycles. The van der Waals surface area contributed by atoms with Crippen LogP contribution >= 0.6 is 15.9 Å². The Labute approximate surface area is 165 Å². The van der Waals surface area contributed by atoms with Gasteiger partial charge in [0.25, 0.3) is 0 Å². The Kier molecular flexibility index (Phi) is 5.86. The van der Waals surface area contributed by atoms with Gasteiger partial charge >= 0.3 is 5.97 Å². The van der Waals surface area contributed by atoms with E-state index in [1.807, 2.05) is 4.90 Å². The van der Waals surface area contributed by atoms with Crippen LogP contribution in [0.2, 0.25) is 0 Å². The highest BCUT2D eigenvalue weighted by Gasteiger charge is 2.54. The van der Waals surface area contributed by atoms with Gasteiger partial charge in [0.05, 0.1) is 6.34 Å². The normalized spacial score (nSPS) is 25.0. The molecule has 0 spiro atoms. The van der Waals surface area contributed by atoms with Crippen molar-refractivity contribution in [2.75, 3.05) is 13.1 Å². The molecule has 5 nitrogen and oxygen atoms in total. The van der Waals surface area contributed by atoms with E-state index in [1.54, 1.807) is 24.3 Å². The van der Waals surface area contributed by atoms with Crippen molar-refractivity contribution in [1.82, 2.24) is 4.90 Å². The third kappa shape index (κ3) is 4.32. The predicted octanol–water partition coefficient (Wildman–Crippen LogP) is 3.69. The molecule has 1 heterocycles. The largest absolute Gasteiger partial charge is 0.460 e. The van der Waals surface area contributed by atoms with Crippen LogP contribution in [-0.2, 0) is 15.1 Å². The Morgan fingerprint density at radius 2 is 1.93 bits per heavy atom. The number of aliphatic hydroxyl groups is 1. The molecule has 1 aliphatic carbocycles. The number of rotatable bonds is 5. The van der Waals surface area contributed by atoms with Gasteiger partial charge in [-0.15, -0.1) is 0 Å². The zero-order valence-corrected chi connectivity index (χ0v) is 16.4. The van der Waals surface area contributed by atoms with Crippen LogP contribution in [0, 0.1) is 11.3 Å². The second-order valence-corrected chi connectivity index (χ2v) is 8.25. The number of carbonyl (C=O) groups excluding carboxylic acids is 1. The van der Waals surface area contributed by atoms with E-state index in [1.165, 1.54) is 6.34 Å². The van der Waals surface area contributed by atoms with Crippen molar-refractivity contribution >= 4 is 28.2 Å². The topological polar surface area (TPSA) is 73.6 Å². The van der Waals surface area contributed by atoms with Gasteiger partial charge in [0, 0.05) is 49.2 Å². The molecule has 0 aromatic heterocycles. The van der Waals surface area contributed by atoms with Crippen LogP contribution in [0.4, 0.5) is 8.78 Å². The first kappa shape index (κ1) is 20.2. The molecule has 1 aliphatic heterocycles. The summed E-state index contributed by atoms with van der Waals surface area (Å²) in [6.45, 7) is 1.17. The van der Waals surface area contributed by atoms with E-state index in [2.05, 4.69) is 15.9 Å². The van der Waals surface area contributed by atoms with E-state index >= 15 is 0 Å². The van der Waals surface area contributed by atoms with Crippen molar-refractivity contribution in [2.24, 2.45) is 5.92 Å². The van der Waals surface area contributed by atoms with Gasteiger partial charge in [0.1, 0.15) is 6.10 Å². The second kappa shape index (κ2) is 7.83. The molecule has 2 aliphatic rings. The van der Waals surface area contributed by atoms with Crippen LogP contribution in [0.5, 0.6) is 0 Å². The summed E-state index contributed by atoms with van der Waals surface area (Å²) in [5, 5.41) is 18.6. The molecule has 1 saturated carbocycles. The van der Waals surface area contributed by atoms with Gasteiger partial charge < -0.3 is 14.7 Å². The smallest absolute Gasteiger partial charge is 0.343 e. The van der Waals surface area contributed by atoms with Crippen LogP contribution in [0.25, 0.3) is 0 Å². The molecule has 2 fully saturated rings. The average Bonchev–Trinajstić information content (AvgIpc) is 3.02. The van der Waals surface area contributed by atoms with Crippen molar-refractivity contribution < 1.29 is 23.4 Å². The van der Waals surface area contributed by atoms with Crippen molar-refractivity contribution in [2.45, 2.75) is 49.7 Å². The third-order valence-corrected chi connectivity index (χ3v) is 6.05. The first-order chi connectivity index (χ1) is 12.7. The molecule has 8 heteroatoms. The van der Waals surface area contributed by atoms with Crippen molar-refractivity contribution in [1.29, 1.82) is 5.41 Å². The summed E-state index contributed by atoms with van der Waals surface area (Å²) in [6, 6.07) is 6.48. The number of likely N-dealkylation sites (tertiary alicyclic amines) is 1. The monoisotopic (exact) mass is 444 g/mol. The van der Waals surface area contributed by atoms with Crippen LogP contribution < -0.4 is 0 Å². The Morgan fingerprint density at radius 3 is 2.44 bits per heavy atom. The molecular formula is C19H23BrF2N2O3. The maximum atomic E-state index is 13.8. The molecule has 0 unspecified atom stereocenters. The molecule has 2 atom stereocenters. The molecule has 0 amide bonds. The number of benzene rings is 1. The SMILES string of the molecule is N=CN1CCC(OC(=O)[C@](O)(c2ccc(Br)cc2)[C@@H]2CCC(F)(F)C2)CC1. The van der Waals surface area contributed by atoms with E-state index in [-0.39, 0.29) is 18.4 Å². The van der Waals surface area contributed by atoms with Crippen molar-refractivity contribution in [3.05, 3.63) is 34.3 Å². The molecule has 0 bridgehead atoms. The van der Waals surface area contributed by atoms with Gasteiger partial charge in [0.15, 0.2) is 5.60 Å². The number of piperidine rings is 1. The summed E-state index contributed by atoms with van der Waals surface area (Å²) in [7, 11) is 0. The highest BCUT2D eigenvalue weighted by molar-refractivity contribution is 9.10. The van der Waals surface area contributed by atoms with E-state index in [0.29, 0.717) is 25.9 Å². The number of alkyl halides is 2. The van der Waals surface area contributed by atoms with Crippen molar-refractivity contribution in [3.8, 4) is 0 Å². The minimum absolute atomic E-state index is 0.0565. The summed E-state index contributed by atoms with van der Waals surface area (Å²) >= 11 is 3.30. The molecule has 2 N–H and O–H groups in total. The lowest BCUT2D eigenvalue weighted by atomic mass is 9.80. The highest BCUT2D eigenvalue weighted by atomic mass is 79.9. The van der Waals surface area contributed by atoms with Gasteiger partial charge in [0.2, 0.25) is 5.92 Å². The summed E-state index contributed by atoms with van der Waals surface area (Å²) in [4.78, 5) is 14.8. The van der Waals surface area contributed by atoms with Crippen molar-refractivity contribution in [3.63, 3.8) is 0 Å². The number of hydrogen-bond acceptors (Lipinski definition) is 4. The van der Waals surface area contributed by atoms with E-state index in [0.717, 1.165) is 4.47 Å². The summed E-state index contributed by atoms with van der Waals surface area (Å²) in [5.74, 6) is -4.65. The fraction of sp³-hybridized carbons (Fsp3) is 0.579. The van der Waals surface area contributed by atoms with E-state index in [9.17, 15) is 18.7 Å². The molecule has 148 valence electrons. The van der Waals surface area contributed by atoms with Crippen LogP contribution in [-0.4, -0.2) is 47.4 Å². The van der Waals surface area contributed by atoms with Gasteiger partial charge in [-0.1, -0.05) is 28.1 Å². The number of carbonyl (C=O) groups is 1. The van der Waals surface area contributed by atoms with Crippen LogP contribution in [0.15, 0.2) is 28.7 Å². The molecular weight excluding hydrogens is 422 g/mol. The Hall–Kier alpha value is -1.54. The first-order valence-corrected chi connectivity index (χ1v) is 9.86. The van der Waals surface area contributed by atoms with Gasteiger partial charge in [-0.05, 0) is 24.1 Å². The number of nitrogens with one attached hydrogen (secondary N) is 1. The minimum atomic E-state index is -2.89. The fourth-order valence-electron chi connectivity index (χ4n) is 3.89. The second-order valence-electron chi connectivity index (χ2n) is 7.34. The molecule has 1 aromatic rings. The number of halogens is 3. The number of hydrogen-bond donors (Lipinski definition) is 2. The van der Waals surface area contributed by atoms with E-state index in [4.69, 9.17) is 10.1 Å². The van der Waals surface area contributed by atoms with Gasteiger partial charge in [-0.3, -0.25) is 5.41 Å². The Balaban J connectivity index is 1.82. The predicted molar refractivity (Wildman–Crippen MR) is 99.8 cm³/mol. The zero-order chi connectivity index (χ0) is 19.7. The standard InChI is InChI=1S/C19H23BrF2N2O3/c20-15-3-1-13(2-4-15)19(26,14-5-8-18(21,22)11-14)17(25)27-16-6-9-24(12-23)10-7-16/h1-4,12,14,16,23,26H,5-11H2/t14-,19+/m1/s1. The van der Waals surface area contributed by atoms with Crippen LogP contribution in [0.1, 0.15) is 37.7 Å². The lowest BCUT2D eigenvalue weighted by molar-refractivity contribution is -0.182. The van der Waals surface area contributed by atoms with Gasteiger partial charge in [-0.2, -0.15) is 0 Å². The molecule has 3 rings (SSSR count). The van der Waals surface area contributed by atoms with E-state index < -0.39 is 35.9 Å². The summed E-state index contributed by atoms with van der Waals surface area (Å²) in [6.07, 6.45) is 1.11. The summed E-state index contributed by atoms with van der Waals surface area (Å²) < 4.78 is 34.0. The molecule has 0 radical (unpaired) electrons. The number of ether oxygens (including phenoxy) is 1. The Morgan fingerprint density at radius 1 is 1.30 bits per heavy atom. The maximum absolute atomic E-state index is 13.8. The lowest BCUT2D eigenvalue weighted by Crippen LogP contribution is -2.46. The lowest BCUT2D eigenvalue weighted by Gasteiger charge is -2.36. The molecule has 1 aromatic carbocycles. The fourth-order valence-corrected chi connectivity index (χ4v) is 4.16. The quantitative estimate of drug-likeness (QED) is 0.412. The number of nitrogens with zero attached hydrogens (tertiary/aromatic N) is 1. The minimum Gasteiger partial charge on any atom is -0.460 e. The highest BCUT2D eigenvalue weighted by Crippen LogP contribution is 2.48. The third-order valence-electron chi connectivity index (χ3n) is 5.52. The van der Waals surface area contributed by atoms with Crippen LogP contribution in [0.3, 0.4) is 0 Å². The molecule has 27 heavy (non-hydrogen) atoms. The first-order valence-electron chi connectivity index (χ1n) is 9.06. The Bertz CT molecular complexity index is 693.